The number of hydrogen-bond acceptors (Lipinski definition) is 13. The number of Topliss-reactive ketones (excluding diaryl/α,β-unsaturated/α-hetero) is 1. The number of nitrogens with zero attached hydrogens (tertiary/aromatic N) is 5. The van der Waals surface area contributed by atoms with Crippen LogP contribution in [0.5, 0.6) is 17.2 Å². The average molecular weight is 1020 g/mol. The van der Waals surface area contributed by atoms with Gasteiger partial charge in [0.2, 0.25) is 10.0 Å². The number of phenolic OH excluding ortho intramolecular Hbond substituents is 1. The van der Waals surface area contributed by atoms with E-state index in [1.54, 1.807) is 65.6 Å². The first-order chi connectivity index (χ1) is 32.5. The van der Waals surface area contributed by atoms with Crippen molar-refractivity contribution in [1.82, 2.24) is 14.3 Å². The first-order valence-electron chi connectivity index (χ1n) is 22.6. The SMILES string of the molecule is COCCBr.COCCOc1cc(C)c(S(=O)(=O)N(C)CCC(=O)Cc2ccc(N3CCN(c4ccncc4)CC3)nc2)c(C)c1.COCCOc1cc(C)cc(C)c1.Cc1cc(C)cc(O)c1. The fraction of sp³-hybridized carbons (Fsp3) is 0.442. The summed E-state index contributed by atoms with van der Waals surface area (Å²) in [5, 5.41) is 9.93. The smallest absolute Gasteiger partial charge is 0.243 e. The summed E-state index contributed by atoms with van der Waals surface area (Å²) < 4.78 is 53.6. The van der Waals surface area contributed by atoms with Crippen molar-refractivity contribution in [3.8, 4) is 17.2 Å². The number of aryl methyl sites for hydroxylation is 6. The number of carbonyl (C=O) groups excluding carboxylic acids is 1. The standard InChI is InChI=1S/C30H39N5O5S.C11H16O2.C8H10O.C3H7BrO/c1-23-19-28(40-18-17-39-4)20-24(2)30(23)41(37,38)33(3)12-9-27(36)21-25-5-6-29(32-22-25)35-15-13-34(14-16-35)26-7-10-31-11-8-26;1-9-6-10(2)8-11(7-9)13-5-4-12-3;1-6-3-7(2)5-8(9)4-6;1-5-3-2-4/h5-8,10-11,19-20,22H,9,12-18,21H2,1-4H3;6-8H,4-5H2,1-3H3;3-5,9H,1-2H3;2-3H2,1H3. The van der Waals surface area contributed by atoms with Crippen LogP contribution in [-0.4, -0.2) is 133 Å². The molecular formula is C52H72BrN5O9S. The summed E-state index contributed by atoms with van der Waals surface area (Å²) in [7, 11) is 2.68. The molecule has 372 valence electrons. The monoisotopic (exact) mass is 1020 g/mol. The lowest BCUT2D eigenvalue weighted by atomic mass is 10.1. The van der Waals surface area contributed by atoms with Gasteiger partial charge in [0.15, 0.2) is 0 Å². The largest absolute Gasteiger partial charge is 0.508 e. The van der Waals surface area contributed by atoms with Gasteiger partial charge < -0.3 is 38.6 Å². The lowest BCUT2D eigenvalue weighted by Gasteiger charge is -2.36. The van der Waals surface area contributed by atoms with Gasteiger partial charge in [-0.25, -0.2) is 17.7 Å². The summed E-state index contributed by atoms with van der Waals surface area (Å²) in [4.78, 5) is 26.2. The highest BCUT2D eigenvalue weighted by Crippen LogP contribution is 2.28. The number of halogens is 1. The number of aromatic nitrogens is 2. The molecule has 0 radical (unpaired) electrons. The van der Waals surface area contributed by atoms with Crippen LogP contribution in [0.2, 0.25) is 0 Å². The lowest BCUT2D eigenvalue weighted by molar-refractivity contribution is -0.118. The Morgan fingerprint density at radius 3 is 1.65 bits per heavy atom. The maximum absolute atomic E-state index is 13.3. The van der Waals surface area contributed by atoms with E-state index in [1.807, 2.05) is 68.7 Å². The van der Waals surface area contributed by atoms with Crippen LogP contribution < -0.4 is 19.3 Å². The van der Waals surface area contributed by atoms with Crippen LogP contribution in [0, 0.1) is 41.5 Å². The van der Waals surface area contributed by atoms with Gasteiger partial charge in [0.1, 0.15) is 42.1 Å². The van der Waals surface area contributed by atoms with Crippen LogP contribution in [-0.2, 0) is 35.4 Å². The summed E-state index contributed by atoms with van der Waals surface area (Å²) >= 11 is 3.18. The highest BCUT2D eigenvalue weighted by Gasteiger charge is 2.26. The predicted molar refractivity (Wildman–Crippen MR) is 276 cm³/mol. The molecule has 0 bridgehead atoms. The van der Waals surface area contributed by atoms with E-state index < -0.39 is 10.0 Å². The van der Waals surface area contributed by atoms with Crippen molar-refractivity contribution < 1.29 is 42.0 Å². The molecule has 14 nitrogen and oxygen atoms in total. The molecule has 16 heteroatoms. The van der Waals surface area contributed by atoms with Crippen molar-refractivity contribution >= 4 is 43.2 Å². The van der Waals surface area contributed by atoms with Gasteiger partial charge in [-0.15, -0.1) is 0 Å². The Hall–Kier alpha value is -5.10. The number of carbonyl (C=O) groups is 1. The number of alkyl halides is 1. The molecule has 0 aliphatic carbocycles. The average Bonchev–Trinajstić information content (AvgIpc) is 3.29. The molecule has 6 rings (SSSR count). The van der Waals surface area contributed by atoms with Crippen molar-refractivity contribution in [3.05, 3.63) is 130 Å². The molecule has 68 heavy (non-hydrogen) atoms. The van der Waals surface area contributed by atoms with Gasteiger partial charge in [0.25, 0.3) is 0 Å². The number of ether oxygens (including phenoxy) is 5. The zero-order valence-corrected chi connectivity index (χ0v) is 44.0. The Morgan fingerprint density at radius 2 is 1.19 bits per heavy atom. The number of piperazine rings is 1. The molecule has 1 N–H and O–H groups in total. The van der Waals surface area contributed by atoms with Crippen LogP contribution in [0.25, 0.3) is 0 Å². The van der Waals surface area contributed by atoms with Gasteiger partial charge >= 0.3 is 0 Å². The minimum Gasteiger partial charge on any atom is -0.508 e. The van der Waals surface area contributed by atoms with Crippen molar-refractivity contribution in [2.24, 2.45) is 0 Å². The zero-order chi connectivity index (χ0) is 50.1. The summed E-state index contributed by atoms with van der Waals surface area (Å²) in [5.74, 6) is 2.73. The van der Waals surface area contributed by atoms with E-state index in [-0.39, 0.29) is 30.1 Å². The van der Waals surface area contributed by atoms with Crippen LogP contribution in [0.3, 0.4) is 0 Å². The molecule has 1 fully saturated rings. The maximum atomic E-state index is 13.3. The minimum absolute atomic E-state index is 0.0390. The number of methoxy groups -OCH3 is 3. The Kier molecular flexibility index (Phi) is 25.6. The van der Waals surface area contributed by atoms with Gasteiger partial charge in [0, 0.05) is 104 Å². The zero-order valence-electron chi connectivity index (χ0n) is 41.6. The molecular weight excluding hydrogens is 951 g/mol. The molecule has 3 heterocycles. The van der Waals surface area contributed by atoms with Crippen LogP contribution >= 0.6 is 15.9 Å². The fourth-order valence-electron chi connectivity index (χ4n) is 7.26. The van der Waals surface area contributed by atoms with E-state index in [4.69, 9.17) is 24.1 Å². The number of ketones is 1. The van der Waals surface area contributed by atoms with E-state index in [0.717, 1.165) is 66.4 Å². The Labute approximate surface area is 413 Å². The van der Waals surface area contributed by atoms with Gasteiger partial charge in [-0.1, -0.05) is 34.1 Å². The summed E-state index contributed by atoms with van der Waals surface area (Å²) in [6.07, 6.45) is 5.68. The molecule has 2 aromatic heterocycles. The highest BCUT2D eigenvalue weighted by molar-refractivity contribution is 9.09. The van der Waals surface area contributed by atoms with Crippen LogP contribution in [0.4, 0.5) is 11.5 Å². The van der Waals surface area contributed by atoms with Gasteiger partial charge in [-0.2, -0.15) is 0 Å². The fourth-order valence-corrected chi connectivity index (χ4v) is 9.16. The Balaban J connectivity index is 0.000000364. The molecule has 5 aromatic rings. The molecule has 1 aliphatic heterocycles. The number of aromatic hydroxyl groups is 1. The second-order valence-corrected chi connectivity index (χ2v) is 19.2. The third-order valence-corrected chi connectivity index (χ3v) is 12.9. The molecule has 0 unspecified atom stereocenters. The molecule has 0 amide bonds. The topological polar surface area (TPSA) is 153 Å². The highest BCUT2D eigenvalue weighted by atomic mass is 79.9. The normalized spacial score (nSPS) is 12.2. The molecule has 3 aromatic carbocycles. The number of pyridine rings is 2. The molecule has 1 aliphatic rings. The van der Waals surface area contributed by atoms with Crippen LogP contribution in [0.15, 0.2) is 96.3 Å². The number of benzene rings is 3. The van der Waals surface area contributed by atoms with Crippen molar-refractivity contribution in [3.63, 3.8) is 0 Å². The van der Waals surface area contributed by atoms with E-state index in [1.165, 1.54) is 28.2 Å². The Morgan fingerprint density at radius 1 is 0.691 bits per heavy atom. The third kappa shape index (κ3) is 20.2. The van der Waals surface area contributed by atoms with Gasteiger partial charge in [-0.05, 0) is 135 Å². The van der Waals surface area contributed by atoms with Crippen molar-refractivity contribution in [1.29, 1.82) is 0 Å². The Bertz CT molecular complexity index is 2270. The summed E-state index contributed by atoms with van der Waals surface area (Å²) in [5.41, 5.74) is 7.85. The lowest BCUT2D eigenvalue weighted by Crippen LogP contribution is -2.46. The van der Waals surface area contributed by atoms with E-state index in [2.05, 4.69) is 60.3 Å². The van der Waals surface area contributed by atoms with Gasteiger partial charge in [0.05, 0.1) is 24.7 Å². The van der Waals surface area contributed by atoms with Gasteiger partial charge in [-0.3, -0.25) is 9.78 Å². The van der Waals surface area contributed by atoms with E-state index >= 15 is 0 Å². The summed E-state index contributed by atoms with van der Waals surface area (Å²) in [6.45, 7) is 18.0. The van der Waals surface area contributed by atoms with E-state index in [0.29, 0.717) is 49.1 Å². The second kappa shape index (κ2) is 30.4. The molecule has 0 spiro atoms. The molecule has 1 saturated heterocycles. The maximum Gasteiger partial charge on any atom is 0.243 e. The first kappa shape index (κ1) is 57.2. The quantitative estimate of drug-likeness (QED) is 0.0621. The molecule has 0 atom stereocenters. The van der Waals surface area contributed by atoms with Crippen molar-refractivity contribution in [2.45, 2.75) is 59.3 Å². The number of sulfonamides is 1. The van der Waals surface area contributed by atoms with Crippen LogP contribution in [0.1, 0.15) is 45.4 Å². The summed E-state index contributed by atoms with van der Waals surface area (Å²) in [6, 6.07) is 23.1. The van der Waals surface area contributed by atoms with E-state index in [9.17, 15) is 13.2 Å². The molecule has 0 saturated carbocycles. The third-order valence-electron chi connectivity index (χ3n) is 10.4. The number of anilines is 2. The minimum atomic E-state index is -3.77. The second-order valence-electron chi connectivity index (χ2n) is 16.4. The number of hydrogen-bond donors (Lipinski definition) is 1. The number of rotatable bonds is 19. The predicted octanol–water partition coefficient (Wildman–Crippen LogP) is 8.63. The van der Waals surface area contributed by atoms with Crippen molar-refractivity contribution in [2.75, 3.05) is 109 Å². The first-order valence-corrected chi connectivity index (χ1v) is 25.1. The number of phenols is 1.